The van der Waals surface area contributed by atoms with E-state index in [2.05, 4.69) is 67.0 Å². The summed E-state index contributed by atoms with van der Waals surface area (Å²) in [6.45, 7) is 10.0. The highest BCUT2D eigenvalue weighted by Crippen LogP contribution is 2.39. The summed E-state index contributed by atoms with van der Waals surface area (Å²) in [6.07, 6.45) is 8.12. The molecule has 1 heterocycles. The number of nitrogens with one attached hydrogen (secondary N) is 1. The highest BCUT2D eigenvalue weighted by molar-refractivity contribution is 5.88. The number of amides is 1. The zero-order valence-corrected chi connectivity index (χ0v) is 20.1. The molecule has 178 valence electrons. The number of nitrogens with zero attached hydrogens (tertiary/aromatic N) is 1. The smallest absolute Gasteiger partial charge is 0.254 e. The van der Waals surface area contributed by atoms with Gasteiger partial charge in [0.1, 0.15) is 5.60 Å². The third-order valence-electron chi connectivity index (χ3n) is 7.93. The lowest BCUT2D eigenvalue weighted by Gasteiger charge is -2.34. The first-order valence-corrected chi connectivity index (χ1v) is 12.8. The molecule has 0 atom stereocenters. The van der Waals surface area contributed by atoms with Gasteiger partial charge in [0.15, 0.2) is 0 Å². The first-order valence-electron chi connectivity index (χ1n) is 12.8. The third kappa shape index (κ3) is 4.97. The Labute approximate surface area is 203 Å². The maximum Gasteiger partial charge on any atom is 0.254 e. The number of carbonyl (C=O) groups excluding carboxylic acids is 1. The molecule has 0 unspecified atom stereocenters. The van der Waals surface area contributed by atoms with Crippen LogP contribution in [0.15, 0.2) is 67.4 Å². The van der Waals surface area contributed by atoms with Gasteiger partial charge in [0.25, 0.3) is 5.91 Å². The summed E-state index contributed by atoms with van der Waals surface area (Å²) in [7, 11) is 0. The Morgan fingerprint density at radius 3 is 2.32 bits per heavy atom. The predicted molar refractivity (Wildman–Crippen MR) is 139 cm³/mol. The normalized spacial score (nSPS) is 19.9. The molecule has 3 aliphatic rings. The number of anilines is 1. The van der Waals surface area contributed by atoms with E-state index in [1.807, 2.05) is 4.90 Å². The van der Waals surface area contributed by atoms with E-state index < -0.39 is 5.60 Å². The number of allylic oxidation sites excluding steroid dienone is 2. The van der Waals surface area contributed by atoms with Gasteiger partial charge in [0.05, 0.1) is 0 Å². The summed E-state index contributed by atoms with van der Waals surface area (Å²) in [4.78, 5) is 14.2. The van der Waals surface area contributed by atoms with Crippen molar-refractivity contribution in [2.24, 2.45) is 11.8 Å². The number of carbonyl (C=O) groups is 1. The molecule has 2 aliphatic carbocycles. The van der Waals surface area contributed by atoms with E-state index in [0.717, 1.165) is 47.7 Å². The van der Waals surface area contributed by atoms with E-state index in [-0.39, 0.29) is 5.91 Å². The lowest BCUT2D eigenvalue weighted by molar-refractivity contribution is -0.143. The van der Waals surface area contributed by atoms with Gasteiger partial charge in [-0.25, -0.2) is 0 Å². The van der Waals surface area contributed by atoms with Gasteiger partial charge in [-0.2, -0.15) is 0 Å². The standard InChI is InChI=1S/C30H36N2O2/c1-21(19-23-5-3-6-23)31-28-8-4-7-27(20-28)26-11-9-24(10-12-26)22(2)25-13-17-32(18-14-25)29(33)30(34)15-16-30/h4,7-12,20,23,25,31,34H,1-3,5-6,13-19H2. The Kier molecular flexibility index (Phi) is 6.35. The second kappa shape index (κ2) is 9.42. The fourth-order valence-electron chi connectivity index (χ4n) is 5.25. The van der Waals surface area contributed by atoms with Crippen LogP contribution in [0.1, 0.15) is 56.9 Å². The van der Waals surface area contributed by atoms with E-state index in [0.29, 0.717) is 31.8 Å². The number of hydrogen-bond donors (Lipinski definition) is 2. The molecule has 1 amide bonds. The van der Waals surface area contributed by atoms with Crippen LogP contribution in [-0.2, 0) is 4.79 Å². The molecule has 2 N–H and O–H groups in total. The fraction of sp³-hybridized carbons (Fsp3) is 0.433. The molecule has 34 heavy (non-hydrogen) atoms. The monoisotopic (exact) mass is 456 g/mol. The van der Waals surface area contributed by atoms with Gasteiger partial charge in [-0.3, -0.25) is 4.79 Å². The topological polar surface area (TPSA) is 52.6 Å². The summed E-state index contributed by atoms with van der Waals surface area (Å²) in [5.74, 6) is 1.10. The van der Waals surface area contributed by atoms with Crippen molar-refractivity contribution in [2.45, 2.75) is 57.0 Å². The molecule has 0 bridgehead atoms. The quantitative estimate of drug-likeness (QED) is 0.494. The highest BCUT2D eigenvalue weighted by Gasteiger charge is 2.50. The molecule has 1 aliphatic heterocycles. The lowest BCUT2D eigenvalue weighted by atomic mass is 9.82. The van der Waals surface area contributed by atoms with Gasteiger partial charge >= 0.3 is 0 Å². The number of rotatable bonds is 8. The molecule has 4 nitrogen and oxygen atoms in total. The van der Waals surface area contributed by atoms with Crippen molar-refractivity contribution in [1.82, 2.24) is 4.90 Å². The van der Waals surface area contributed by atoms with E-state index in [1.165, 1.54) is 30.4 Å². The first-order chi connectivity index (χ1) is 16.4. The first kappa shape index (κ1) is 22.9. The molecule has 0 radical (unpaired) electrons. The van der Waals surface area contributed by atoms with E-state index in [1.54, 1.807) is 0 Å². The van der Waals surface area contributed by atoms with Crippen molar-refractivity contribution in [2.75, 3.05) is 18.4 Å². The van der Waals surface area contributed by atoms with Crippen LogP contribution in [0.3, 0.4) is 0 Å². The van der Waals surface area contributed by atoms with Crippen molar-refractivity contribution in [3.8, 4) is 11.1 Å². The Hall–Kier alpha value is -2.85. The number of benzene rings is 2. The van der Waals surface area contributed by atoms with Crippen molar-refractivity contribution < 1.29 is 9.90 Å². The molecule has 0 aromatic heterocycles. The molecule has 5 rings (SSSR count). The minimum absolute atomic E-state index is 0.0794. The average molecular weight is 457 g/mol. The van der Waals surface area contributed by atoms with Crippen LogP contribution in [0.4, 0.5) is 5.69 Å². The second-order valence-corrected chi connectivity index (χ2v) is 10.5. The summed E-state index contributed by atoms with van der Waals surface area (Å²) in [6, 6.07) is 17.2. The van der Waals surface area contributed by atoms with Crippen LogP contribution >= 0.6 is 0 Å². The number of likely N-dealkylation sites (tertiary alicyclic amines) is 1. The summed E-state index contributed by atoms with van der Waals surface area (Å²) in [5.41, 5.74) is 5.81. The zero-order valence-electron chi connectivity index (χ0n) is 20.1. The van der Waals surface area contributed by atoms with Crippen molar-refractivity contribution in [1.29, 1.82) is 0 Å². The fourth-order valence-corrected chi connectivity index (χ4v) is 5.25. The largest absolute Gasteiger partial charge is 0.380 e. The van der Waals surface area contributed by atoms with Crippen LogP contribution in [0.2, 0.25) is 0 Å². The minimum Gasteiger partial charge on any atom is -0.380 e. The molecule has 0 spiro atoms. The van der Waals surface area contributed by atoms with Crippen molar-refractivity contribution in [3.05, 3.63) is 72.9 Å². The van der Waals surface area contributed by atoms with E-state index >= 15 is 0 Å². The third-order valence-corrected chi connectivity index (χ3v) is 7.93. The molecular formula is C30H36N2O2. The van der Waals surface area contributed by atoms with Crippen molar-refractivity contribution in [3.63, 3.8) is 0 Å². The maximum absolute atomic E-state index is 12.4. The Morgan fingerprint density at radius 1 is 1.00 bits per heavy atom. The lowest BCUT2D eigenvalue weighted by Crippen LogP contribution is -2.45. The summed E-state index contributed by atoms with van der Waals surface area (Å²) in [5, 5.41) is 13.6. The van der Waals surface area contributed by atoms with Crippen LogP contribution in [0, 0.1) is 11.8 Å². The van der Waals surface area contributed by atoms with Crippen molar-refractivity contribution >= 4 is 17.2 Å². The maximum atomic E-state index is 12.4. The van der Waals surface area contributed by atoms with E-state index in [9.17, 15) is 9.90 Å². The Morgan fingerprint density at radius 2 is 1.71 bits per heavy atom. The summed E-state index contributed by atoms with van der Waals surface area (Å²) < 4.78 is 0. The van der Waals surface area contributed by atoms with E-state index in [4.69, 9.17) is 0 Å². The van der Waals surface area contributed by atoms with Crippen LogP contribution in [0.25, 0.3) is 16.7 Å². The van der Waals surface area contributed by atoms with Crippen LogP contribution < -0.4 is 5.32 Å². The molecule has 4 heteroatoms. The molecule has 1 saturated heterocycles. The number of piperidine rings is 1. The summed E-state index contributed by atoms with van der Waals surface area (Å²) >= 11 is 0. The number of aliphatic hydroxyl groups is 1. The molecule has 3 fully saturated rings. The Bertz CT molecular complexity index is 1070. The number of hydrogen-bond acceptors (Lipinski definition) is 3. The minimum atomic E-state index is -1.06. The van der Waals surface area contributed by atoms with Crippen LogP contribution in [-0.4, -0.2) is 34.6 Å². The molecule has 2 aromatic carbocycles. The zero-order chi connectivity index (χ0) is 23.7. The van der Waals surface area contributed by atoms with Gasteiger partial charge in [0.2, 0.25) is 0 Å². The molecular weight excluding hydrogens is 420 g/mol. The van der Waals surface area contributed by atoms with Crippen LogP contribution in [0.5, 0.6) is 0 Å². The van der Waals surface area contributed by atoms with Gasteiger partial charge in [0, 0.05) is 24.5 Å². The van der Waals surface area contributed by atoms with Gasteiger partial charge < -0.3 is 15.3 Å². The molecule has 2 aromatic rings. The van der Waals surface area contributed by atoms with Gasteiger partial charge in [-0.15, -0.1) is 0 Å². The Balaban J connectivity index is 1.18. The SMILES string of the molecule is C=C(CC1CCC1)Nc1cccc(-c2ccc(C(=C)C3CCN(C(=O)C4(O)CC4)CC3)cc2)c1. The van der Waals surface area contributed by atoms with Gasteiger partial charge in [-0.05, 0) is 78.3 Å². The predicted octanol–water partition coefficient (Wildman–Crippen LogP) is 6.25. The van der Waals surface area contributed by atoms with Gasteiger partial charge in [-0.1, -0.05) is 68.8 Å². The molecule has 2 saturated carbocycles. The highest BCUT2D eigenvalue weighted by atomic mass is 16.3. The second-order valence-electron chi connectivity index (χ2n) is 10.5. The average Bonchev–Trinajstić information content (AvgIpc) is 3.59.